The molecule has 1 N–H and O–H groups in total. The molecular weight excluding hydrogens is 162 g/mol. The van der Waals surface area contributed by atoms with Gasteiger partial charge in [-0.15, -0.1) is 12.4 Å². The van der Waals surface area contributed by atoms with E-state index in [1.165, 1.54) is 0 Å². The number of guanidine groups is 1. The van der Waals surface area contributed by atoms with Crippen LogP contribution in [-0.2, 0) is 0 Å². The van der Waals surface area contributed by atoms with Crippen LogP contribution in [0.25, 0.3) is 0 Å². The molecule has 0 saturated carbocycles. The maximum absolute atomic E-state index is 7.55. The zero-order valence-electron chi connectivity index (χ0n) is 7.72. The number of hydrogen-bond acceptors (Lipinski definition) is 1. The standard InChI is InChI=1S/C7H17N3.ClH/c1-5-10(6-2)7(8)9(3)4;/h8H,5-6H2,1-4H3;1H. The third-order valence-corrected chi connectivity index (χ3v) is 1.49. The van der Waals surface area contributed by atoms with Gasteiger partial charge in [-0.1, -0.05) is 0 Å². The Bertz CT molecular complexity index is 110. The second kappa shape index (κ2) is 6.28. The fourth-order valence-electron chi connectivity index (χ4n) is 0.806. The van der Waals surface area contributed by atoms with Crippen LogP contribution in [0.4, 0.5) is 0 Å². The summed E-state index contributed by atoms with van der Waals surface area (Å²) in [7, 11) is 3.78. The van der Waals surface area contributed by atoms with E-state index in [0.717, 1.165) is 13.1 Å². The monoisotopic (exact) mass is 179 g/mol. The third-order valence-electron chi connectivity index (χ3n) is 1.49. The molecule has 0 fully saturated rings. The predicted octanol–water partition coefficient (Wildman–Crippen LogP) is 1.25. The lowest BCUT2D eigenvalue weighted by atomic mass is 10.5. The molecule has 0 heterocycles. The minimum absolute atomic E-state index is 0. The molecule has 0 unspecified atom stereocenters. The van der Waals surface area contributed by atoms with Gasteiger partial charge in [-0.25, -0.2) is 0 Å². The molecule has 4 heteroatoms. The van der Waals surface area contributed by atoms with Gasteiger partial charge >= 0.3 is 0 Å². The molecule has 0 aliphatic heterocycles. The number of nitrogens with zero attached hydrogens (tertiary/aromatic N) is 2. The lowest BCUT2D eigenvalue weighted by Gasteiger charge is -2.26. The van der Waals surface area contributed by atoms with E-state index >= 15 is 0 Å². The quantitative estimate of drug-likeness (QED) is 0.511. The van der Waals surface area contributed by atoms with E-state index in [0.29, 0.717) is 5.96 Å². The van der Waals surface area contributed by atoms with Gasteiger partial charge in [0.2, 0.25) is 0 Å². The van der Waals surface area contributed by atoms with Crippen LogP contribution in [0, 0.1) is 5.41 Å². The van der Waals surface area contributed by atoms with Gasteiger partial charge in [0.25, 0.3) is 0 Å². The van der Waals surface area contributed by atoms with Gasteiger partial charge in [-0.3, -0.25) is 5.41 Å². The molecule has 11 heavy (non-hydrogen) atoms. The summed E-state index contributed by atoms with van der Waals surface area (Å²) in [5, 5.41) is 7.55. The average molecular weight is 180 g/mol. The molecule has 0 radical (unpaired) electrons. The van der Waals surface area contributed by atoms with Crippen molar-refractivity contribution >= 4 is 18.4 Å². The average Bonchev–Trinajstić information content (AvgIpc) is 1.90. The molecule has 0 aromatic heterocycles. The second-order valence-electron chi connectivity index (χ2n) is 2.39. The maximum atomic E-state index is 7.55. The Morgan fingerprint density at radius 3 is 1.64 bits per heavy atom. The van der Waals surface area contributed by atoms with Crippen molar-refractivity contribution in [3.05, 3.63) is 0 Å². The van der Waals surface area contributed by atoms with E-state index < -0.39 is 0 Å². The summed E-state index contributed by atoms with van der Waals surface area (Å²) in [6.07, 6.45) is 0. The highest BCUT2D eigenvalue weighted by molar-refractivity contribution is 5.85. The summed E-state index contributed by atoms with van der Waals surface area (Å²) in [6.45, 7) is 5.93. The van der Waals surface area contributed by atoms with Crippen LogP contribution < -0.4 is 0 Å². The first kappa shape index (κ1) is 13.2. The Balaban J connectivity index is 0. The van der Waals surface area contributed by atoms with Crippen molar-refractivity contribution in [3.63, 3.8) is 0 Å². The van der Waals surface area contributed by atoms with E-state index in [1.54, 1.807) is 0 Å². The van der Waals surface area contributed by atoms with Gasteiger partial charge in [0.05, 0.1) is 0 Å². The molecule has 68 valence electrons. The highest BCUT2D eigenvalue weighted by Crippen LogP contribution is 1.90. The summed E-state index contributed by atoms with van der Waals surface area (Å²) in [5.74, 6) is 0.588. The molecular formula is C7H18ClN3. The van der Waals surface area contributed by atoms with Crippen molar-refractivity contribution in [1.82, 2.24) is 9.80 Å². The minimum atomic E-state index is 0. The Morgan fingerprint density at radius 1 is 1.18 bits per heavy atom. The Labute approximate surface area is 75.3 Å². The van der Waals surface area contributed by atoms with Crippen LogP contribution in [0.2, 0.25) is 0 Å². The topological polar surface area (TPSA) is 30.3 Å². The number of rotatable bonds is 2. The van der Waals surface area contributed by atoms with Crippen LogP contribution in [0.15, 0.2) is 0 Å². The minimum Gasteiger partial charge on any atom is -0.349 e. The van der Waals surface area contributed by atoms with Gasteiger partial charge in [0.1, 0.15) is 0 Å². The summed E-state index contributed by atoms with van der Waals surface area (Å²) in [4.78, 5) is 3.81. The van der Waals surface area contributed by atoms with Gasteiger partial charge in [-0.2, -0.15) is 0 Å². The first-order valence-electron chi connectivity index (χ1n) is 3.64. The van der Waals surface area contributed by atoms with Crippen LogP contribution in [-0.4, -0.2) is 42.9 Å². The second-order valence-corrected chi connectivity index (χ2v) is 2.39. The zero-order valence-corrected chi connectivity index (χ0v) is 8.53. The van der Waals surface area contributed by atoms with Gasteiger partial charge < -0.3 is 9.80 Å². The largest absolute Gasteiger partial charge is 0.349 e. The first-order chi connectivity index (χ1) is 4.63. The van der Waals surface area contributed by atoms with Gasteiger partial charge in [0, 0.05) is 27.2 Å². The van der Waals surface area contributed by atoms with Crippen molar-refractivity contribution in [3.8, 4) is 0 Å². The van der Waals surface area contributed by atoms with E-state index in [-0.39, 0.29) is 12.4 Å². The van der Waals surface area contributed by atoms with Gasteiger partial charge in [0.15, 0.2) is 5.96 Å². The zero-order chi connectivity index (χ0) is 8.15. The fraction of sp³-hybridized carbons (Fsp3) is 0.857. The lowest BCUT2D eigenvalue weighted by Crippen LogP contribution is -2.39. The summed E-state index contributed by atoms with van der Waals surface area (Å²) in [5.41, 5.74) is 0. The molecule has 0 atom stereocenters. The summed E-state index contributed by atoms with van der Waals surface area (Å²) in [6, 6.07) is 0. The molecule has 0 spiro atoms. The molecule has 0 aliphatic rings. The number of hydrogen-bond donors (Lipinski definition) is 1. The highest BCUT2D eigenvalue weighted by atomic mass is 35.5. The predicted molar refractivity (Wildman–Crippen MR) is 51.6 cm³/mol. The SMILES string of the molecule is CCN(CC)C(=N)N(C)C.Cl. The van der Waals surface area contributed by atoms with Crippen molar-refractivity contribution < 1.29 is 0 Å². The van der Waals surface area contributed by atoms with E-state index in [4.69, 9.17) is 5.41 Å². The summed E-state index contributed by atoms with van der Waals surface area (Å²) >= 11 is 0. The molecule has 0 bridgehead atoms. The van der Waals surface area contributed by atoms with E-state index in [2.05, 4.69) is 13.8 Å². The van der Waals surface area contributed by atoms with Gasteiger partial charge in [-0.05, 0) is 13.8 Å². The smallest absolute Gasteiger partial charge is 0.193 e. The van der Waals surface area contributed by atoms with Crippen molar-refractivity contribution in [1.29, 1.82) is 5.41 Å². The van der Waals surface area contributed by atoms with Crippen LogP contribution in [0.3, 0.4) is 0 Å². The molecule has 3 nitrogen and oxygen atoms in total. The molecule has 0 aromatic rings. The van der Waals surface area contributed by atoms with Crippen LogP contribution >= 0.6 is 12.4 Å². The summed E-state index contributed by atoms with van der Waals surface area (Å²) < 4.78 is 0. The number of halogens is 1. The molecule has 0 aromatic carbocycles. The van der Waals surface area contributed by atoms with Crippen LogP contribution in [0.5, 0.6) is 0 Å². The molecule has 0 rings (SSSR count). The van der Waals surface area contributed by atoms with Crippen molar-refractivity contribution in [2.45, 2.75) is 13.8 Å². The first-order valence-corrected chi connectivity index (χ1v) is 3.64. The normalized spacial score (nSPS) is 8.36. The Morgan fingerprint density at radius 2 is 1.55 bits per heavy atom. The molecule has 0 amide bonds. The maximum Gasteiger partial charge on any atom is 0.193 e. The Hall–Kier alpha value is -0.440. The van der Waals surface area contributed by atoms with E-state index in [1.807, 2.05) is 23.9 Å². The number of nitrogens with one attached hydrogen (secondary N) is 1. The Kier molecular flexibility index (Phi) is 7.52. The third kappa shape index (κ3) is 4.09. The molecule has 0 aliphatic carbocycles. The molecule has 0 saturated heterocycles. The lowest BCUT2D eigenvalue weighted by molar-refractivity contribution is 0.393. The highest BCUT2D eigenvalue weighted by Gasteiger charge is 2.05. The van der Waals surface area contributed by atoms with Crippen molar-refractivity contribution in [2.24, 2.45) is 0 Å². The fourth-order valence-corrected chi connectivity index (χ4v) is 0.806. The van der Waals surface area contributed by atoms with E-state index in [9.17, 15) is 0 Å². The van der Waals surface area contributed by atoms with Crippen LogP contribution in [0.1, 0.15) is 13.8 Å². The van der Waals surface area contributed by atoms with Crippen molar-refractivity contribution in [2.75, 3.05) is 27.2 Å².